The van der Waals surface area contributed by atoms with Gasteiger partial charge in [-0.05, 0) is 47.7 Å². The SMILES string of the molecule is CCc1cccc(C)c1NCc1ccc(OCCc2ccccc2)cc1. The molecule has 0 amide bonds. The molecule has 2 nitrogen and oxygen atoms in total. The van der Waals surface area contributed by atoms with Gasteiger partial charge in [-0.1, -0.05) is 67.6 Å². The normalized spacial score (nSPS) is 10.5. The lowest BCUT2D eigenvalue weighted by Crippen LogP contribution is -2.04. The van der Waals surface area contributed by atoms with Crippen molar-refractivity contribution in [3.8, 4) is 5.75 Å². The molecule has 2 heteroatoms. The molecule has 0 aromatic heterocycles. The summed E-state index contributed by atoms with van der Waals surface area (Å²) < 4.78 is 5.86. The molecular weight excluding hydrogens is 318 g/mol. The van der Waals surface area contributed by atoms with Gasteiger partial charge in [-0.15, -0.1) is 0 Å². The minimum Gasteiger partial charge on any atom is -0.493 e. The first kappa shape index (κ1) is 18.1. The van der Waals surface area contributed by atoms with E-state index in [4.69, 9.17) is 4.74 Å². The van der Waals surface area contributed by atoms with Crippen molar-refractivity contribution in [3.05, 3.63) is 95.1 Å². The summed E-state index contributed by atoms with van der Waals surface area (Å²) in [6.07, 6.45) is 1.97. The summed E-state index contributed by atoms with van der Waals surface area (Å²) in [6.45, 7) is 5.87. The third-order valence-corrected chi connectivity index (χ3v) is 4.63. The second-order valence-corrected chi connectivity index (χ2v) is 6.54. The zero-order valence-corrected chi connectivity index (χ0v) is 15.7. The van der Waals surface area contributed by atoms with Gasteiger partial charge >= 0.3 is 0 Å². The van der Waals surface area contributed by atoms with E-state index in [1.807, 2.05) is 6.07 Å². The van der Waals surface area contributed by atoms with E-state index in [-0.39, 0.29) is 0 Å². The summed E-state index contributed by atoms with van der Waals surface area (Å²) in [6, 6.07) is 25.3. The second-order valence-electron chi connectivity index (χ2n) is 6.54. The van der Waals surface area contributed by atoms with Crippen molar-refractivity contribution >= 4 is 5.69 Å². The van der Waals surface area contributed by atoms with Gasteiger partial charge in [0.15, 0.2) is 0 Å². The maximum Gasteiger partial charge on any atom is 0.119 e. The Morgan fingerprint density at radius 2 is 1.58 bits per heavy atom. The van der Waals surface area contributed by atoms with Crippen LogP contribution in [0, 0.1) is 6.92 Å². The molecule has 0 saturated heterocycles. The Hall–Kier alpha value is -2.74. The first-order chi connectivity index (χ1) is 12.8. The number of benzene rings is 3. The summed E-state index contributed by atoms with van der Waals surface area (Å²) in [5.74, 6) is 0.926. The Labute approximate surface area is 156 Å². The average Bonchev–Trinajstić information content (AvgIpc) is 2.69. The van der Waals surface area contributed by atoms with Crippen LogP contribution in [0.3, 0.4) is 0 Å². The van der Waals surface area contributed by atoms with E-state index in [1.165, 1.54) is 27.9 Å². The van der Waals surface area contributed by atoms with E-state index >= 15 is 0 Å². The highest BCUT2D eigenvalue weighted by Crippen LogP contribution is 2.22. The summed E-state index contributed by atoms with van der Waals surface area (Å²) in [4.78, 5) is 0. The van der Waals surface area contributed by atoms with Crippen LogP contribution in [0.1, 0.15) is 29.2 Å². The molecule has 0 radical (unpaired) electrons. The largest absolute Gasteiger partial charge is 0.493 e. The molecule has 0 aliphatic rings. The third kappa shape index (κ3) is 4.89. The number of aryl methyl sites for hydroxylation is 2. The van der Waals surface area contributed by atoms with Crippen molar-refractivity contribution < 1.29 is 4.74 Å². The molecule has 0 spiro atoms. The maximum atomic E-state index is 5.86. The Balaban J connectivity index is 1.52. The van der Waals surface area contributed by atoms with Gasteiger partial charge in [0.2, 0.25) is 0 Å². The monoisotopic (exact) mass is 345 g/mol. The van der Waals surface area contributed by atoms with E-state index in [0.717, 1.165) is 25.1 Å². The smallest absolute Gasteiger partial charge is 0.119 e. The van der Waals surface area contributed by atoms with Crippen molar-refractivity contribution in [1.82, 2.24) is 0 Å². The van der Waals surface area contributed by atoms with Crippen LogP contribution in [0.25, 0.3) is 0 Å². The van der Waals surface area contributed by atoms with E-state index < -0.39 is 0 Å². The van der Waals surface area contributed by atoms with E-state index in [1.54, 1.807) is 0 Å². The standard InChI is InChI=1S/C24H27NO/c1-3-22-11-7-8-19(2)24(22)25-18-21-12-14-23(15-13-21)26-17-16-20-9-5-4-6-10-20/h4-15,25H,3,16-18H2,1-2H3. The van der Waals surface area contributed by atoms with Crippen molar-refractivity contribution in [2.24, 2.45) is 0 Å². The van der Waals surface area contributed by atoms with Crippen LogP contribution in [0.15, 0.2) is 72.8 Å². The van der Waals surface area contributed by atoms with Gasteiger partial charge in [-0.2, -0.15) is 0 Å². The Kier molecular flexibility index (Phi) is 6.32. The molecule has 3 rings (SSSR count). The first-order valence-corrected chi connectivity index (χ1v) is 9.34. The van der Waals surface area contributed by atoms with Gasteiger partial charge in [0.1, 0.15) is 5.75 Å². The van der Waals surface area contributed by atoms with Gasteiger partial charge in [0.05, 0.1) is 6.61 Å². The third-order valence-electron chi connectivity index (χ3n) is 4.63. The van der Waals surface area contributed by atoms with E-state index in [9.17, 15) is 0 Å². The molecule has 0 aliphatic heterocycles. The number of anilines is 1. The van der Waals surface area contributed by atoms with E-state index in [2.05, 4.69) is 85.9 Å². The fourth-order valence-corrected chi connectivity index (χ4v) is 3.10. The van der Waals surface area contributed by atoms with Gasteiger partial charge in [-0.3, -0.25) is 0 Å². The Bertz CT molecular complexity index is 809. The minimum absolute atomic E-state index is 0.699. The van der Waals surface area contributed by atoms with Crippen LogP contribution in [0.5, 0.6) is 5.75 Å². The summed E-state index contributed by atoms with van der Waals surface area (Å²) in [5.41, 5.74) is 6.48. The van der Waals surface area contributed by atoms with Gasteiger partial charge in [-0.25, -0.2) is 0 Å². The van der Waals surface area contributed by atoms with Gasteiger partial charge in [0.25, 0.3) is 0 Å². The fraction of sp³-hybridized carbons (Fsp3) is 0.250. The number of nitrogens with one attached hydrogen (secondary N) is 1. The van der Waals surface area contributed by atoms with E-state index in [0.29, 0.717) is 6.61 Å². The van der Waals surface area contributed by atoms with Gasteiger partial charge < -0.3 is 10.1 Å². The zero-order valence-electron chi connectivity index (χ0n) is 15.7. The molecule has 0 unspecified atom stereocenters. The van der Waals surface area contributed by atoms with Crippen molar-refractivity contribution in [2.45, 2.75) is 33.2 Å². The summed E-state index contributed by atoms with van der Waals surface area (Å²) in [7, 11) is 0. The highest BCUT2D eigenvalue weighted by Gasteiger charge is 2.04. The molecular formula is C24H27NO. The number of hydrogen-bond acceptors (Lipinski definition) is 2. The molecule has 26 heavy (non-hydrogen) atoms. The predicted molar refractivity (Wildman–Crippen MR) is 110 cm³/mol. The van der Waals surface area contributed by atoms with Crippen LogP contribution in [0.2, 0.25) is 0 Å². The van der Waals surface area contributed by atoms with Crippen molar-refractivity contribution in [1.29, 1.82) is 0 Å². The number of ether oxygens (including phenoxy) is 1. The van der Waals surface area contributed by atoms with Crippen LogP contribution in [-0.2, 0) is 19.4 Å². The van der Waals surface area contributed by atoms with Crippen LogP contribution in [-0.4, -0.2) is 6.61 Å². The Morgan fingerprint density at radius 3 is 2.31 bits per heavy atom. The molecule has 3 aromatic carbocycles. The molecule has 0 aliphatic carbocycles. The lowest BCUT2D eigenvalue weighted by molar-refractivity contribution is 0.322. The molecule has 0 bridgehead atoms. The quantitative estimate of drug-likeness (QED) is 0.558. The second kappa shape index (κ2) is 9.10. The lowest BCUT2D eigenvalue weighted by atomic mass is 10.1. The van der Waals surface area contributed by atoms with Crippen molar-refractivity contribution in [2.75, 3.05) is 11.9 Å². The number of rotatable bonds is 8. The topological polar surface area (TPSA) is 21.3 Å². The number of hydrogen-bond donors (Lipinski definition) is 1. The molecule has 0 saturated carbocycles. The predicted octanol–water partition coefficient (Wildman–Crippen LogP) is 5.79. The molecule has 134 valence electrons. The van der Waals surface area contributed by atoms with Gasteiger partial charge in [0, 0.05) is 18.7 Å². The maximum absolute atomic E-state index is 5.86. The summed E-state index contributed by atoms with van der Waals surface area (Å²) in [5, 5.41) is 3.59. The van der Waals surface area contributed by atoms with Crippen LogP contribution >= 0.6 is 0 Å². The highest BCUT2D eigenvalue weighted by atomic mass is 16.5. The van der Waals surface area contributed by atoms with Crippen LogP contribution in [0.4, 0.5) is 5.69 Å². The highest BCUT2D eigenvalue weighted by molar-refractivity contribution is 5.57. The zero-order chi connectivity index (χ0) is 18.2. The summed E-state index contributed by atoms with van der Waals surface area (Å²) >= 11 is 0. The Morgan fingerprint density at radius 1 is 0.808 bits per heavy atom. The molecule has 0 heterocycles. The molecule has 0 atom stereocenters. The molecule has 1 N–H and O–H groups in total. The number of para-hydroxylation sites is 1. The lowest BCUT2D eigenvalue weighted by Gasteiger charge is -2.14. The van der Waals surface area contributed by atoms with Crippen LogP contribution < -0.4 is 10.1 Å². The first-order valence-electron chi connectivity index (χ1n) is 9.34. The molecule has 3 aromatic rings. The fourth-order valence-electron chi connectivity index (χ4n) is 3.10. The minimum atomic E-state index is 0.699. The average molecular weight is 345 g/mol. The van der Waals surface area contributed by atoms with Crippen molar-refractivity contribution in [3.63, 3.8) is 0 Å². The molecule has 0 fully saturated rings.